The van der Waals surface area contributed by atoms with Gasteiger partial charge in [0.15, 0.2) is 0 Å². The number of anilines is 1. The van der Waals surface area contributed by atoms with Crippen LogP contribution in [0.2, 0.25) is 0 Å². The van der Waals surface area contributed by atoms with Crippen molar-refractivity contribution >= 4 is 22.9 Å². The number of ether oxygens (including phenoxy) is 1. The monoisotopic (exact) mass is 360 g/mol. The fourth-order valence-corrected chi connectivity index (χ4v) is 4.13. The number of benzene rings is 2. The van der Waals surface area contributed by atoms with Crippen molar-refractivity contribution < 1.29 is 9.53 Å². The van der Waals surface area contributed by atoms with Crippen LogP contribution in [0.1, 0.15) is 5.56 Å². The molecule has 6 heteroatoms. The van der Waals surface area contributed by atoms with Gasteiger partial charge < -0.3 is 9.64 Å². The van der Waals surface area contributed by atoms with E-state index in [0.29, 0.717) is 19.7 Å². The highest BCUT2D eigenvalue weighted by molar-refractivity contribution is 5.76. The van der Waals surface area contributed by atoms with Crippen molar-refractivity contribution in [3.8, 4) is 0 Å². The van der Waals surface area contributed by atoms with Gasteiger partial charge >= 0.3 is 6.09 Å². The average molecular weight is 360 g/mol. The molecular weight excluding hydrogens is 340 g/mol. The first-order valence-electron chi connectivity index (χ1n) is 9.19. The molecule has 136 valence electrons. The van der Waals surface area contributed by atoms with Crippen LogP contribution in [0.5, 0.6) is 0 Å². The van der Waals surface area contributed by atoms with E-state index in [2.05, 4.69) is 22.0 Å². The van der Waals surface area contributed by atoms with Crippen molar-refractivity contribution in [1.82, 2.24) is 14.9 Å². The predicted octanol–water partition coefficient (Wildman–Crippen LogP) is 2.88. The lowest BCUT2D eigenvalue weighted by molar-refractivity contribution is 0.140. The number of rotatable bonds is 3. The number of hydrogen-bond donors (Lipinski definition) is 0. The lowest BCUT2D eigenvalue weighted by atomic mass is 9.88. The van der Waals surface area contributed by atoms with Crippen LogP contribution in [0, 0.1) is 0 Å². The molecule has 1 amide bonds. The zero-order valence-electron chi connectivity index (χ0n) is 14.9. The first kappa shape index (κ1) is 16.1. The Morgan fingerprint density at radius 3 is 2.63 bits per heavy atom. The highest BCUT2D eigenvalue weighted by atomic mass is 16.6. The van der Waals surface area contributed by atoms with E-state index in [1.807, 2.05) is 53.6 Å². The molecule has 2 aliphatic rings. The summed E-state index contributed by atoms with van der Waals surface area (Å²) in [5.74, 6) is 0.847. The SMILES string of the molecule is O=C1OCC2(Cc3ccccc3)CN(c3cnc4ccccc4n3)CCN12. The van der Waals surface area contributed by atoms with Crippen molar-refractivity contribution in [3.63, 3.8) is 0 Å². The van der Waals surface area contributed by atoms with Crippen molar-refractivity contribution in [1.29, 1.82) is 0 Å². The number of para-hydroxylation sites is 2. The summed E-state index contributed by atoms with van der Waals surface area (Å²) >= 11 is 0. The van der Waals surface area contributed by atoms with Crippen LogP contribution in [-0.2, 0) is 11.2 Å². The van der Waals surface area contributed by atoms with Gasteiger partial charge in [0.1, 0.15) is 18.0 Å². The number of fused-ring (bicyclic) bond motifs is 2. The second-order valence-corrected chi connectivity index (χ2v) is 7.23. The van der Waals surface area contributed by atoms with Crippen LogP contribution in [0.4, 0.5) is 10.6 Å². The van der Waals surface area contributed by atoms with Gasteiger partial charge in [0.2, 0.25) is 0 Å². The summed E-state index contributed by atoms with van der Waals surface area (Å²) in [5, 5.41) is 0. The third-order valence-corrected chi connectivity index (χ3v) is 5.47. The number of aromatic nitrogens is 2. The lowest BCUT2D eigenvalue weighted by Gasteiger charge is -2.45. The van der Waals surface area contributed by atoms with E-state index in [4.69, 9.17) is 9.72 Å². The van der Waals surface area contributed by atoms with Gasteiger partial charge in [-0.2, -0.15) is 0 Å². The number of cyclic esters (lactones) is 1. The van der Waals surface area contributed by atoms with E-state index < -0.39 is 0 Å². The molecule has 6 nitrogen and oxygen atoms in total. The van der Waals surface area contributed by atoms with Crippen LogP contribution in [-0.4, -0.2) is 52.7 Å². The standard InChI is InChI=1S/C21H20N4O2/c26-20-25-11-10-24(19-13-22-17-8-4-5-9-18(17)23-19)14-21(25,15-27-20)12-16-6-2-1-3-7-16/h1-9,13H,10-12,14-15H2. The van der Waals surface area contributed by atoms with E-state index in [1.165, 1.54) is 5.56 Å². The minimum Gasteiger partial charge on any atom is -0.447 e. The van der Waals surface area contributed by atoms with Gasteiger partial charge in [0.25, 0.3) is 0 Å². The van der Waals surface area contributed by atoms with Gasteiger partial charge in [-0.1, -0.05) is 42.5 Å². The summed E-state index contributed by atoms with van der Waals surface area (Å²) in [6.45, 7) is 2.43. The molecule has 1 unspecified atom stereocenters. The maximum Gasteiger partial charge on any atom is 0.410 e. The molecule has 27 heavy (non-hydrogen) atoms. The van der Waals surface area contributed by atoms with Crippen LogP contribution < -0.4 is 4.90 Å². The molecule has 3 heterocycles. The van der Waals surface area contributed by atoms with Gasteiger partial charge in [-0.05, 0) is 17.7 Å². The van der Waals surface area contributed by atoms with E-state index >= 15 is 0 Å². The molecule has 2 aromatic carbocycles. The molecule has 0 saturated carbocycles. The van der Waals surface area contributed by atoms with Crippen LogP contribution in [0.25, 0.3) is 11.0 Å². The quantitative estimate of drug-likeness (QED) is 0.719. The Labute approximate surface area is 157 Å². The molecule has 2 aliphatic heterocycles. The van der Waals surface area contributed by atoms with E-state index in [0.717, 1.165) is 29.8 Å². The summed E-state index contributed by atoms with van der Waals surface area (Å²) < 4.78 is 5.45. The highest BCUT2D eigenvalue weighted by Crippen LogP contribution is 2.33. The van der Waals surface area contributed by atoms with Crippen molar-refractivity contribution in [2.75, 3.05) is 31.1 Å². The molecule has 3 aromatic rings. The topological polar surface area (TPSA) is 58.6 Å². The Kier molecular flexibility index (Phi) is 3.70. The second-order valence-electron chi connectivity index (χ2n) is 7.23. The maximum absolute atomic E-state index is 12.3. The van der Waals surface area contributed by atoms with Crippen molar-refractivity contribution in [2.24, 2.45) is 0 Å². The van der Waals surface area contributed by atoms with Crippen molar-refractivity contribution in [3.05, 3.63) is 66.4 Å². The number of carbonyl (C=O) groups is 1. The number of carbonyl (C=O) groups excluding carboxylic acids is 1. The molecule has 0 radical (unpaired) electrons. The smallest absolute Gasteiger partial charge is 0.410 e. The van der Waals surface area contributed by atoms with Gasteiger partial charge in [0.05, 0.1) is 17.2 Å². The summed E-state index contributed by atoms with van der Waals surface area (Å²) in [6.07, 6.45) is 2.37. The normalized spacial score (nSPS) is 22.0. The summed E-state index contributed by atoms with van der Waals surface area (Å²) in [6, 6.07) is 18.1. The lowest BCUT2D eigenvalue weighted by Crippen LogP contribution is -2.62. The number of nitrogens with zero attached hydrogens (tertiary/aromatic N) is 4. The highest BCUT2D eigenvalue weighted by Gasteiger charge is 2.51. The van der Waals surface area contributed by atoms with Gasteiger partial charge in [-0.25, -0.2) is 9.78 Å². The maximum atomic E-state index is 12.3. The Balaban J connectivity index is 1.48. The van der Waals surface area contributed by atoms with Gasteiger partial charge in [0, 0.05) is 26.1 Å². The summed E-state index contributed by atoms with van der Waals surface area (Å²) in [7, 11) is 0. The number of amides is 1. The summed E-state index contributed by atoms with van der Waals surface area (Å²) in [4.78, 5) is 25.7. The zero-order chi connectivity index (χ0) is 18.3. The van der Waals surface area contributed by atoms with Crippen LogP contribution in [0.3, 0.4) is 0 Å². The molecule has 1 atom stereocenters. The molecule has 0 N–H and O–H groups in total. The van der Waals surface area contributed by atoms with Crippen molar-refractivity contribution in [2.45, 2.75) is 12.0 Å². The minimum atomic E-state index is -0.371. The average Bonchev–Trinajstić information content (AvgIpc) is 3.04. The Morgan fingerprint density at radius 1 is 1.00 bits per heavy atom. The van der Waals surface area contributed by atoms with E-state index in [1.54, 1.807) is 0 Å². The first-order valence-corrected chi connectivity index (χ1v) is 9.19. The molecule has 0 aliphatic carbocycles. The third kappa shape index (κ3) is 2.77. The first-order chi connectivity index (χ1) is 13.2. The molecular formula is C21H20N4O2. The fourth-order valence-electron chi connectivity index (χ4n) is 4.13. The van der Waals surface area contributed by atoms with Crippen LogP contribution in [0.15, 0.2) is 60.8 Å². The predicted molar refractivity (Wildman–Crippen MR) is 103 cm³/mol. The molecule has 5 rings (SSSR count). The van der Waals surface area contributed by atoms with E-state index in [-0.39, 0.29) is 11.6 Å². The Bertz CT molecular complexity index is 994. The molecule has 2 fully saturated rings. The van der Waals surface area contributed by atoms with Crippen LogP contribution >= 0.6 is 0 Å². The summed E-state index contributed by atoms with van der Waals surface area (Å²) in [5.41, 5.74) is 2.60. The van der Waals surface area contributed by atoms with E-state index in [9.17, 15) is 4.79 Å². The zero-order valence-corrected chi connectivity index (χ0v) is 14.9. The minimum absolute atomic E-state index is 0.213. The molecule has 0 bridgehead atoms. The van der Waals surface area contributed by atoms with Gasteiger partial charge in [-0.3, -0.25) is 9.88 Å². The molecule has 2 saturated heterocycles. The Morgan fingerprint density at radius 2 is 1.78 bits per heavy atom. The Hall–Kier alpha value is -3.15. The third-order valence-electron chi connectivity index (χ3n) is 5.47. The number of hydrogen-bond acceptors (Lipinski definition) is 5. The van der Waals surface area contributed by atoms with Gasteiger partial charge in [-0.15, -0.1) is 0 Å². The molecule has 0 spiro atoms. The molecule has 1 aromatic heterocycles. The largest absolute Gasteiger partial charge is 0.447 e. The number of piperazine rings is 1. The second kappa shape index (κ2) is 6.23. The fraction of sp³-hybridized carbons (Fsp3) is 0.286.